The molecule has 2 aromatic heterocycles. The molecule has 2 aromatic carbocycles. The van der Waals surface area contributed by atoms with Crippen LogP contribution < -0.4 is 4.74 Å². The number of carboxylic acid groups (broad SMARTS) is 1. The van der Waals surface area contributed by atoms with Crippen molar-refractivity contribution >= 4 is 27.5 Å². The highest BCUT2D eigenvalue weighted by Crippen LogP contribution is 2.57. The number of nitrogens with zero attached hydrogens (tertiary/aromatic N) is 2. The molecule has 7 rings (SSSR count). The number of alkyl halides is 2. The summed E-state index contributed by atoms with van der Waals surface area (Å²) in [5.41, 5.74) is 0.179. The first-order valence-electron chi connectivity index (χ1n) is 13.9. The zero-order valence-electron chi connectivity index (χ0n) is 22.3. The van der Waals surface area contributed by atoms with Gasteiger partial charge in [-0.05, 0) is 74.6 Å². The number of hydrogen-bond donors (Lipinski definition) is 2. The van der Waals surface area contributed by atoms with Crippen LogP contribution >= 0.6 is 11.3 Å². The smallest absolute Gasteiger partial charge is 0.387 e. The number of benzene rings is 2. The third-order valence-corrected chi connectivity index (χ3v) is 9.97. The molecule has 0 amide bonds. The fourth-order valence-electron chi connectivity index (χ4n) is 6.67. The van der Waals surface area contributed by atoms with Crippen LogP contribution in [0.3, 0.4) is 0 Å². The number of para-hydroxylation sites is 1. The summed E-state index contributed by atoms with van der Waals surface area (Å²) in [5.74, 6) is -1.38. The molecule has 0 spiro atoms. The average Bonchev–Trinajstić information content (AvgIpc) is 3.52. The van der Waals surface area contributed by atoms with E-state index in [0.717, 1.165) is 43.1 Å². The SMILES string of the molecule is O=C(O)c1cc(F)c2nc([C@]3(O)[C@@H]4CC[C@H]3C[C@H](OCc3c(-c5ccccc5OC(F)F)noc3C3CC3)C4)sc2c1. The van der Waals surface area contributed by atoms with Crippen LogP contribution in [0, 0.1) is 17.7 Å². The van der Waals surface area contributed by atoms with E-state index < -0.39 is 24.0 Å². The molecule has 0 unspecified atom stereocenters. The van der Waals surface area contributed by atoms with E-state index in [0.29, 0.717) is 45.1 Å². The molecular weight excluding hydrogens is 573 g/mol. The van der Waals surface area contributed by atoms with E-state index in [4.69, 9.17) is 14.0 Å². The third kappa shape index (κ3) is 4.65. The van der Waals surface area contributed by atoms with Crippen molar-refractivity contribution in [3.8, 4) is 17.0 Å². The van der Waals surface area contributed by atoms with Crippen LogP contribution in [0.4, 0.5) is 13.2 Å². The minimum atomic E-state index is -2.98. The number of aromatic nitrogens is 2. The first kappa shape index (κ1) is 27.4. The molecule has 0 saturated heterocycles. The lowest BCUT2D eigenvalue weighted by Gasteiger charge is -2.41. The van der Waals surface area contributed by atoms with Gasteiger partial charge in [-0.3, -0.25) is 0 Å². The molecule has 4 aromatic rings. The standard InChI is InChI=1S/C30H27F3N2O6S/c31-21-9-15(27(36)37)10-23-25(21)34-28(42-23)30(38)16-7-8-17(30)12-18(11-16)39-13-20-24(35-41-26(20)14-5-6-14)19-3-1-2-4-22(19)40-29(32)33/h1-4,9-10,14,16-18,29,38H,5-8,11-13H2,(H,36,37)/t16-,17+,18-,30+. The maximum absolute atomic E-state index is 14.7. The maximum atomic E-state index is 14.7. The molecule has 2 heterocycles. The Hall–Kier alpha value is -3.48. The third-order valence-electron chi connectivity index (χ3n) is 8.83. The van der Waals surface area contributed by atoms with Gasteiger partial charge in [-0.2, -0.15) is 8.78 Å². The molecule has 3 aliphatic rings. The maximum Gasteiger partial charge on any atom is 0.387 e. The van der Waals surface area contributed by atoms with Crippen LogP contribution in [-0.2, 0) is 16.9 Å². The van der Waals surface area contributed by atoms with Crippen molar-refractivity contribution in [2.24, 2.45) is 11.8 Å². The van der Waals surface area contributed by atoms with E-state index in [1.807, 2.05) is 0 Å². The Kier molecular flexibility index (Phi) is 6.74. The van der Waals surface area contributed by atoms with Crippen LogP contribution in [0.25, 0.3) is 21.5 Å². The summed E-state index contributed by atoms with van der Waals surface area (Å²) in [6.07, 6.45) is 4.33. The Bertz CT molecular complexity index is 1650. The first-order chi connectivity index (χ1) is 20.2. The number of thiazole rings is 1. The molecule has 2 N–H and O–H groups in total. The second kappa shape index (κ2) is 10.4. The summed E-state index contributed by atoms with van der Waals surface area (Å²) in [4.78, 5) is 15.8. The molecule has 42 heavy (non-hydrogen) atoms. The van der Waals surface area contributed by atoms with E-state index in [2.05, 4.69) is 10.1 Å². The van der Waals surface area contributed by atoms with Crippen molar-refractivity contribution in [2.45, 2.75) is 69.4 Å². The van der Waals surface area contributed by atoms with E-state index in [9.17, 15) is 28.2 Å². The second-order valence-corrected chi connectivity index (χ2v) is 12.4. The fraction of sp³-hybridized carbons (Fsp3) is 0.433. The molecule has 4 atom stereocenters. The van der Waals surface area contributed by atoms with Crippen LogP contribution in [-0.4, -0.2) is 39.0 Å². The Morgan fingerprint density at radius 2 is 1.88 bits per heavy atom. The first-order valence-corrected chi connectivity index (χ1v) is 14.7. The number of rotatable bonds is 9. The number of carboxylic acids is 1. The van der Waals surface area contributed by atoms with Crippen molar-refractivity contribution in [3.05, 3.63) is 64.1 Å². The highest BCUT2D eigenvalue weighted by Gasteiger charge is 2.56. The van der Waals surface area contributed by atoms with Gasteiger partial charge >= 0.3 is 12.6 Å². The number of aliphatic hydroxyl groups is 1. The van der Waals surface area contributed by atoms with Gasteiger partial charge in [-0.25, -0.2) is 14.2 Å². The second-order valence-electron chi connectivity index (χ2n) is 11.4. The minimum Gasteiger partial charge on any atom is -0.478 e. The lowest BCUT2D eigenvalue weighted by Crippen LogP contribution is -2.44. The summed E-state index contributed by atoms with van der Waals surface area (Å²) in [7, 11) is 0. The summed E-state index contributed by atoms with van der Waals surface area (Å²) in [6, 6.07) is 8.80. The molecule has 8 nitrogen and oxygen atoms in total. The predicted molar refractivity (Wildman–Crippen MR) is 145 cm³/mol. The van der Waals surface area contributed by atoms with Crippen molar-refractivity contribution in [3.63, 3.8) is 0 Å². The van der Waals surface area contributed by atoms with Crippen LogP contribution in [0.5, 0.6) is 5.75 Å². The molecule has 12 heteroatoms. The zero-order chi connectivity index (χ0) is 29.2. The topological polar surface area (TPSA) is 115 Å². The average molecular weight is 601 g/mol. The quantitative estimate of drug-likeness (QED) is 0.214. The van der Waals surface area contributed by atoms with Crippen LogP contribution in [0.2, 0.25) is 0 Å². The number of aromatic carboxylic acids is 1. The van der Waals surface area contributed by atoms with Crippen molar-refractivity contribution in [1.82, 2.24) is 10.1 Å². The number of fused-ring (bicyclic) bond motifs is 3. The number of ether oxygens (including phenoxy) is 2. The van der Waals surface area contributed by atoms with Gasteiger partial charge < -0.3 is 24.2 Å². The van der Waals surface area contributed by atoms with E-state index in [1.165, 1.54) is 12.1 Å². The van der Waals surface area contributed by atoms with Gasteiger partial charge in [-0.15, -0.1) is 11.3 Å². The molecule has 3 saturated carbocycles. The number of hydrogen-bond acceptors (Lipinski definition) is 8. The van der Waals surface area contributed by atoms with Gasteiger partial charge in [0, 0.05) is 17.0 Å². The molecular formula is C30H27F3N2O6S. The van der Waals surface area contributed by atoms with Crippen molar-refractivity contribution in [1.29, 1.82) is 0 Å². The fourth-order valence-corrected chi connectivity index (χ4v) is 7.94. The molecule has 3 aliphatic carbocycles. The summed E-state index contributed by atoms with van der Waals surface area (Å²) < 4.78 is 58.1. The van der Waals surface area contributed by atoms with Crippen LogP contribution in [0.1, 0.15) is 71.1 Å². The van der Waals surface area contributed by atoms with Gasteiger partial charge in [0.15, 0.2) is 5.82 Å². The lowest BCUT2D eigenvalue weighted by molar-refractivity contribution is -0.116. The highest BCUT2D eigenvalue weighted by molar-refractivity contribution is 7.18. The lowest BCUT2D eigenvalue weighted by atomic mass is 9.73. The van der Waals surface area contributed by atoms with E-state index in [1.54, 1.807) is 18.2 Å². The van der Waals surface area contributed by atoms with Gasteiger partial charge in [0.1, 0.15) is 33.3 Å². The monoisotopic (exact) mass is 600 g/mol. The Morgan fingerprint density at radius 3 is 2.57 bits per heavy atom. The minimum absolute atomic E-state index is 0.00733. The van der Waals surface area contributed by atoms with Crippen molar-refractivity contribution in [2.75, 3.05) is 0 Å². The zero-order valence-corrected chi connectivity index (χ0v) is 23.1. The van der Waals surface area contributed by atoms with Gasteiger partial charge in [0.05, 0.1) is 23.0 Å². The molecule has 2 bridgehead atoms. The largest absolute Gasteiger partial charge is 0.478 e. The van der Waals surface area contributed by atoms with Gasteiger partial charge in [0.2, 0.25) is 0 Å². The summed E-state index contributed by atoms with van der Waals surface area (Å²) >= 11 is 1.13. The van der Waals surface area contributed by atoms with Crippen LogP contribution in [0.15, 0.2) is 40.9 Å². The Labute approximate surface area is 242 Å². The Morgan fingerprint density at radius 1 is 1.14 bits per heavy atom. The molecule has 220 valence electrons. The summed E-state index contributed by atoms with van der Waals surface area (Å²) in [5, 5.41) is 25.9. The van der Waals surface area contributed by atoms with E-state index in [-0.39, 0.29) is 47.3 Å². The molecule has 0 radical (unpaired) electrons. The summed E-state index contributed by atoms with van der Waals surface area (Å²) in [6.45, 7) is -2.82. The predicted octanol–water partition coefficient (Wildman–Crippen LogP) is 6.86. The number of carbonyl (C=O) groups is 1. The van der Waals surface area contributed by atoms with Gasteiger partial charge in [-0.1, -0.05) is 17.3 Å². The number of halogens is 3. The van der Waals surface area contributed by atoms with E-state index >= 15 is 0 Å². The van der Waals surface area contributed by atoms with Gasteiger partial charge in [0.25, 0.3) is 0 Å². The molecule has 3 fully saturated rings. The Balaban J connectivity index is 1.12. The normalized spacial score (nSPS) is 25.4. The van der Waals surface area contributed by atoms with Crippen molar-refractivity contribution < 1.29 is 42.2 Å². The highest BCUT2D eigenvalue weighted by atomic mass is 32.1. The molecule has 0 aliphatic heterocycles.